The zero-order valence-electron chi connectivity index (χ0n) is 18.9. The van der Waals surface area contributed by atoms with E-state index in [9.17, 15) is 14.4 Å². The number of pyridine rings is 1. The predicted molar refractivity (Wildman–Crippen MR) is 129 cm³/mol. The van der Waals surface area contributed by atoms with Crippen molar-refractivity contribution in [3.8, 4) is 0 Å². The summed E-state index contributed by atoms with van der Waals surface area (Å²) >= 11 is 0. The van der Waals surface area contributed by atoms with Crippen molar-refractivity contribution >= 4 is 23.6 Å². The van der Waals surface area contributed by atoms with Crippen molar-refractivity contribution in [3.63, 3.8) is 0 Å². The van der Waals surface area contributed by atoms with E-state index in [1.165, 1.54) is 0 Å². The molecule has 8 nitrogen and oxygen atoms in total. The number of nitrogens with one attached hydrogen (secondary N) is 3. The standard InChI is InChI=1S/C26H28N4O4/c1-2-34-25(32)23(18-20-11-7-4-8-12-20)30-26(33)29-22(17-19-9-5-3-6-10-19)24(31)28-21-13-15-27-16-14-21/h3-16,22-23H,2,17-18H2,1H3,(H,27,28,31)(H2,29,30,33)/t22?,23-/m0/s1. The average Bonchev–Trinajstić information content (AvgIpc) is 2.85. The molecule has 0 saturated carbocycles. The molecule has 34 heavy (non-hydrogen) atoms. The van der Waals surface area contributed by atoms with Crippen LogP contribution >= 0.6 is 0 Å². The van der Waals surface area contributed by atoms with Gasteiger partial charge in [0.25, 0.3) is 0 Å². The maximum atomic E-state index is 13.0. The fourth-order valence-electron chi connectivity index (χ4n) is 3.37. The Balaban J connectivity index is 1.72. The van der Waals surface area contributed by atoms with E-state index in [1.807, 2.05) is 60.7 Å². The quantitative estimate of drug-likeness (QED) is 0.403. The number of anilines is 1. The molecule has 1 unspecified atom stereocenters. The molecular weight excluding hydrogens is 432 g/mol. The molecule has 3 N–H and O–H groups in total. The molecule has 0 bridgehead atoms. The van der Waals surface area contributed by atoms with Crippen LogP contribution in [0, 0.1) is 0 Å². The van der Waals surface area contributed by atoms with Crippen LogP contribution in [0.4, 0.5) is 10.5 Å². The summed E-state index contributed by atoms with van der Waals surface area (Å²) in [6, 6.07) is 19.6. The second-order valence-electron chi connectivity index (χ2n) is 7.58. The molecule has 0 aliphatic heterocycles. The van der Waals surface area contributed by atoms with E-state index in [0.29, 0.717) is 5.69 Å². The number of rotatable bonds is 10. The lowest BCUT2D eigenvalue weighted by Gasteiger charge is -2.22. The molecule has 2 aromatic carbocycles. The van der Waals surface area contributed by atoms with Gasteiger partial charge in [-0.25, -0.2) is 9.59 Å². The van der Waals surface area contributed by atoms with Crippen molar-refractivity contribution in [3.05, 3.63) is 96.3 Å². The zero-order valence-corrected chi connectivity index (χ0v) is 18.9. The van der Waals surface area contributed by atoms with Gasteiger partial charge in [0.05, 0.1) is 6.61 Å². The van der Waals surface area contributed by atoms with E-state index >= 15 is 0 Å². The lowest BCUT2D eigenvalue weighted by Crippen LogP contribution is -2.53. The van der Waals surface area contributed by atoms with Crippen LogP contribution in [0.25, 0.3) is 0 Å². The lowest BCUT2D eigenvalue weighted by atomic mass is 10.0. The Labute approximate surface area is 198 Å². The number of ether oxygens (including phenoxy) is 1. The number of esters is 1. The summed E-state index contributed by atoms with van der Waals surface area (Å²) in [7, 11) is 0. The smallest absolute Gasteiger partial charge is 0.329 e. The van der Waals surface area contributed by atoms with Gasteiger partial charge < -0.3 is 20.7 Å². The Morgan fingerprint density at radius 2 is 1.32 bits per heavy atom. The molecule has 1 aromatic heterocycles. The molecule has 0 aliphatic carbocycles. The van der Waals surface area contributed by atoms with Crippen LogP contribution < -0.4 is 16.0 Å². The molecule has 0 spiro atoms. The largest absolute Gasteiger partial charge is 0.464 e. The SMILES string of the molecule is CCOC(=O)[C@H](Cc1ccccc1)NC(=O)NC(Cc1ccccc1)C(=O)Nc1ccncc1. The van der Waals surface area contributed by atoms with Crippen molar-refractivity contribution in [2.75, 3.05) is 11.9 Å². The highest BCUT2D eigenvalue weighted by atomic mass is 16.5. The van der Waals surface area contributed by atoms with E-state index in [1.54, 1.807) is 31.5 Å². The van der Waals surface area contributed by atoms with Crippen LogP contribution in [-0.2, 0) is 27.2 Å². The first-order valence-electron chi connectivity index (χ1n) is 11.1. The molecule has 0 radical (unpaired) electrons. The second kappa shape index (κ2) is 12.7. The van der Waals surface area contributed by atoms with Gasteiger partial charge >= 0.3 is 12.0 Å². The van der Waals surface area contributed by atoms with Crippen molar-refractivity contribution in [2.45, 2.75) is 31.8 Å². The molecule has 8 heteroatoms. The maximum Gasteiger partial charge on any atom is 0.329 e. The van der Waals surface area contributed by atoms with Crippen LogP contribution in [0.3, 0.4) is 0 Å². The summed E-state index contributed by atoms with van der Waals surface area (Å²) in [6.07, 6.45) is 3.67. The zero-order chi connectivity index (χ0) is 24.2. The monoisotopic (exact) mass is 460 g/mol. The number of carbonyl (C=O) groups is 3. The van der Waals surface area contributed by atoms with Crippen molar-refractivity contribution in [1.82, 2.24) is 15.6 Å². The number of nitrogens with zero attached hydrogens (tertiary/aromatic N) is 1. The highest BCUT2D eigenvalue weighted by Crippen LogP contribution is 2.09. The normalized spacial score (nSPS) is 12.1. The third-order valence-corrected chi connectivity index (χ3v) is 5.01. The van der Waals surface area contributed by atoms with Gasteiger partial charge in [0.2, 0.25) is 5.91 Å². The molecule has 1 heterocycles. The molecule has 0 aliphatic rings. The van der Waals surface area contributed by atoms with Crippen LogP contribution in [0.1, 0.15) is 18.1 Å². The Morgan fingerprint density at radius 1 is 0.794 bits per heavy atom. The number of urea groups is 1. The molecule has 3 amide bonds. The van der Waals surface area contributed by atoms with Crippen molar-refractivity contribution in [1.29, 1.82) is 0 Å². The highest BCUT2D eigenvalue weighted by molar-refractivity contribution is 5.97. The first kappa shape index (κ1) is 24.4. The highest BCUT2D eigenvalue weighted by Gasteiger charge is 2.26. The predicted octanol–water partition coefficient (Wildman–Crippen LogP) is 3.11. The second-order valence-corrected chi connectivity index (χ2v) is 7.58. The van der Waals surface area contributed by atoms with Gasteiger partial charge in [0, 0.05) is 30.9 Å². The molecule has 2 atom stereocenters. The molecule has 0 saturated heterocycles. The average molecular weight is 461 g/mol. The van der Waals surface area contributed by atoms with Crippen molar-refractivity contribution < 1.29 is 19.1 Å². The molecule has 3 aromatic rings. The first-order chi connectivity index (χ1) is 16.5. The fourth-order valence-corrected chi connectivity index (χ4v) is 3.37. The summed E-state index contributed by atoms with van der Waals surface area (Å²) in [5, 5.41) is 8.17. The minimum absolute atomic E-state index is 0.193. The van der Waals surface area contributed by atoms with Gasteiger partial charge in [0.1, 0.15) is 12.1 Å². The Kier molecular flexibility index (Phi) is 9.16. The summed E-state index contributed by atoms with van der Waals surface area (Å²) in [5.41, 5.74) is 2.31. The minimum Gasteiger partial charge on any atom is -0.464 e. The van der Waals surface area contributed by atoms with Gasteiger partial charge in [-0.05, 0) is 30.2 Å². The summed E-state index contributed by atoms with van der Waals surface area (Å²) in [4.78, 5) is 42.3. The Hall–Kier alpha value is -4.20. The van der Waals surface area contributed by atoms with E-state index in [-0.39, 0.29) is 25.4 Å². The summed E-state index contributed by atoms with van der Waals surface area (Å²) < 4.78 is 5.14. The lowest BCUT2D eigenvalue weighted by molar-refractivity contribution is -0.145. The van der Waals surface area contributed by atoms with Crippen LogP contribution in [-0.4, -0.2) is 41.6 Å². The molecular formula is C26H28N4O4. The van der Waals surface area contributed by atoms with E-state index < -0.39 is 24.1 Å². The summed E-state index contributed by atoms with van der Waals surface area (Å²) in [6.45, 7) is 1.90. The number of benzene rings is 2. The van der Waals surface area contributed by atoms with Gasteiger partial charge in [0.15, 0.2) is 0 Å². The van der Waals surface area contributed by atoms with Crippen LogP contribution in [0.15, 0.2) is 85.2 Å². The third-order valence-electron chi connectivity index (χ3n) is 5.01. The van der Waals surface area contributed by atoms with Gasteiger partial charge in [-0.3, -0.25) is 9.78 Å². The summed E-state index contributed by atoms with van der Waals surface area (Å²) in [5.74, 6) is -0.928. The number of carbonyl (C=O) groups excluding carboxylic acids is 3. The van der Waals surface area contributed by atoms with Crippen LogP contribution in [0.5, 0.6) is 0 Å². The Morgan fingerprint density at radius 3 is 1.88 bits per heavy atom. The maximum absolute atomic E-state index is 13.0. The molecule has 176 valence electrons. The van der Waals surface area contributed by atoms with E-state index in [2.05, 4.69) is 20.9 Å². The van der Waals surface area contributed by atoms with Gasteiger partial charge in [-0.2, -0.15) is 0 Å². The number of aromatic nitrogens is 1. The third kappa shape index (κ3) is 7.74. The first-order valence-corrected chi connectivity index (χ1v) is 11.1. The topological polar surface area (TPSA) is 109 Å². The van der Waals surface area contributed by atoms with Crippen molar-refractivity contribution in [2.24, 2.45) is 0 Å². The van der Waals surface area contributed by atoms with E-state index in [4.69, 9.17) is 4.74 Å². The number of amides is 3. The van der Waals surface area contributed by atoms with E-state index in [0.717, 1.165) is 11.1 Å². The van der Waals surface area contributed by atoms with Gasteiger partial charge in [-0.15, -0.1) is 0 Å². The number of hydrogen-bond acceptors (Lipinski definition) is 5. The van der Waals surface area contributed by atoms with Gasteiger partial charge in [-0.1, -0.05) is 60.7 Å². The van der Waals surface area contributed by atoms with Crippen LogP contribution in [0.2, 0.25) is 0 Å². The number of hydrogen-bond donors (Lipinski definition) is 3. The molecule has 3 rings (SSSR count). The Bertz CT molecular complexity index is 1060. The molecule has 0 fully saturated rings. The minimum atomic E-state index is -0.900. The fraction of sp³-hybridized carbons (Fsp3) is 0.231.